The molecule has 134 valence electrons. The number of hydrogen-bond acceptors (Lipinski definition) is 4. The van der Waals surface area contributed by atoms with Crippen molar-refractivity contribution in [1.82, 2.24) is 19.5 Å². The smallest absolute Gasteiger partial charge is 0.260 e. The van der Waals surface area contributed by atoms with Crippen LogP contribution in [-0.4, -0.2) is 45.1 Å². The number of aromatic nitrogens is 3. The molecule has 1 atom stereocenters. The molecule has 1 amide bonds. The van der Waals surface area contributed by atoms with E-state index in [1.54, 1.807) is 0 Å². The summed E-state index contributed by atoms with van der Waals surface area (Å²) in [5.74, 6) is 1.11. The van der Waals surface area contributed by atoms with Crippen molar-refractivity contribution < 1.29 is 13.9 Å². The molecule has 26 heavy (non-hydrogen) atoms. The van der Waals surface area contributed by atoms with E-state index in [2.05, 4.69) is 10.2 Å². The fraction of sp³-hybridized carbons (Fsp3) is 0.316. The standard InChI is InChI=1S/C19H19FN4O2/c20-15-6-8-16(9-7-15)26-13-18(25)23-10-3-4-14(12-23)19-22-21-17-5-1-2-11-24(17)19/h1-2,5-9,11,14H,3-4,10,12-13H2/t14-/m1/s1. The van der Waals surface area contributed by atoms with Crippen LogP contribution in [0.3, 0.4) is 0 Å². The number of piperidine rings is 1. The SMILES string of the molecule is O=C(COc1ccc(F)cc1)N1CCC[C@@H](c2nnc3ccccn23)C1. The van der Waals surface area contributed by atoms with Gasteiger partial charge in [-0.2, -0.15) is 0 Å². The van der Waals surface area contributed by atoms with Gasteiger partial charge in [0.15, 0.2) is 12.3 Å². The number of nitrogens with zero attached hydrogens (tertiary/aromatic N) is 4. The van der Waals surface area contributed by atoms with Gasteiger partial charge in [-0.05, 0) is 49.2 Å². The van der Waals surface area contributed by atoms with E-state index in [1.165, 1.54) is 24.3 Å². The summed E-state index contributed by atoms with van der Waals surface area (Å²) in [5.41, 5.74) is 0.811. The van der Waals surface area contributed by atoms with E-state index < -0.39 is 0 Å². The molecule has 0 N–H and O–H groups in total. The monoisotopic (exact) mass is 354 g/mol. The summed E-state index contributed by atoms with van der Waals surface area (Å²) < 4.78 is 20.4. The summed E-state index contributed by atoms with van der Waals surface area (Å²) in [6.07, 6.45) is 3.83. The van der Waals surface area contributed by atoms with Crippen molar-refractivity contribution in [1.29, 1.82) is 0 Å². The van der Waals surface area contributed by atoms with E-state index in [0.717, 1.165) is 24.3 Å². The maximum Gasteiger partial charge on any atom is 0.260 e. The minimum Gasteiger partial charge on any atom is -0.484 e. The molecule has 2 aromatic heterocycles. The minimum atomic E-state index is -0.330. The van der Waals surface area contributed by atoms with Gasteiger partial charge in [0.25, 0.3) is 5.91 Å². The highest BCUT2D eigenvalue weighted by Crippen LogP contribution is 2.26. The van der Waals surface area contributed by atoms with Gasteiger partial charge in [0.05, 0.1) is 0 Å². The van der Waals surface area contributed by atoms with Crippen LogP contribution in [0.25, 0.3) is 5.65 Å². The molecular weight excluding hydrogens is 335 g/mol. The Hall–Kier alpha value is -2.96. The second-order valence-corrected chi connectivity index (χ2v) is 6.41. The predicted molar refractivity (Wildman–Crippen MR) is 93.4 cm³/mol. The van der Waals surface area contributed by atoms with Crippen molar-refractivity contribution in [3.05, 3.63) is 60.3 Å². The van der Waals surface area contributed by atoms with Crippen molar-refractivity contribution in [3.8, 4) is 5.75 Å². The maximum absolute atomic E-state index is 12.9. The van der Waals surface area contributed by atoms with E-state index in [0.29, 0.717) is 18.8 Å². The average Bonchev–Trinajstić information content (AvgIpc) is 3.11. The number of carbonyl (C=O) groups excluding carboxylic acids is 1. The Morgan fingerprint density at radius 1 is 1.19 bits per heavy atom. The number of benzene rings is 1. The predicted octanol–water partition coefficient (Wildman–Crippen LogP) is 2.65. The Kier molecular flexibility index (Phi) is 4.51. The van der Waals surface area contributed by atoms with E-state index in [1.807, 2.05) is 33.7 Å². The number of pyridine rings is 1. The lowest BCUT2D eigenvalue weighted by Crippen LogP contribution is -2.42. The second-order valence-electron chi connectivity index (χ2n) is 6.41. The molecule has 7 heteroatoms. The number of hydrogen-bond donors (Lipinski definition) is 0. The Balaban J connectivity index is 1.41. The molecule has 1 aromatic carbocycles. The molecule has 0 saturated carbocycles. The number of rotatable bonds is 4. The van der Waals surface area contributed by atoms with Gasteiger partial charge in [-0.1, -0.05) is 6.07 Å². The zero-order valence-electron chi connectivity index (χ0n) is 14.2. The summed E-state index contributed by atoms with van der Waals surface area (Å²) in [5, 5.41) is 8.52. The van der Waals surface area contributed by atoms with Crippen LogP contribution in [0.15, 0.2) is 48.7 Å². The summed E-state index contributed by atoms with van der Waals surface area (Å²) in [6.45, 7) is 1.25. The van der Waals surface area contributed by atoms with Crippen LogP contribution in [0, 0.1) is 5.82 Å². The van der Waals surface area contributed by atoms with Gasteiger partial charge in [0.1, 0.15) is 17.4 Å². The third-order valence-electron chi connectivity index (χ3n) is 4.66. The second kappa shape index (κ2) is 7.11. The van der Waals surface area contributed by atoms with Gasteiger partial charge in [-0.15, -0.1) is 10.2 Å². The molecule has 4 rings (SSSR count). The first-order valence-corrected chi connectivity index (χ1v) is 8.66. The van der Waals surface area contributed by atoms with Crippen LogP contribution in [0.1, 0.15) is 24.6 Å². The van der Waals surface area contributed by atoms with Crippen molar-refractivity contribution in [2.24, 2.45) is 0 Å². The molecule has 6 nitrogen and oxygen atoms in total. The lowest BCUT2D eigenvalue weighted by molar-refractivity contribution is -0.134. The molecule has 1 aliphatic rings. The van der Waals surface area contributed by atoms with Gasteiger partial charge >= 0.3 is 0 Å². The molecule has 0 spiro atoms. The first kappa shape index (κ1) is 16.5. The van der Waals surface area contributed by atoms with Crippen LogP contribution >= 0.6 is 0 Å². The molecular formula is C19H19FN4O2. The largest absolute Gasteiger partial charge is 0.484 e. The first-order valence-electron chi connectivity index (χ1n) is 8.66. The molecule has 0 aliphatic carbocycles. The summed E-state index contributed by atoms with van der Waals surface area (Å²) in [4.78, 5) is 14.3. The Morgan fingerprint density at radius 3 is 2.88 bits per heavy atom. The zero-order valence-corrected chi connectivity index (χ0v) is 14.2. The van der Waals surface area contributed by atoms with Crippen LogP contribution in [0.4, 0.5) is 4.39 Å². The molecule has 0 radical (unpaired) electrons. The number of likely N-dealkylation sites (tertiary alicyclic amines) is 1. The number of fused-ring (bicyclic) bond motifs is 1. The lowest BCUT2D eigenvalue weighted by atomic mass is 9.97. The van der Waals surface area contributed by atoms with Gasteiger partial charge in [0.2, 0.25) is 0 Å². The zero-order chi connectivity index (χ0) is 17.9. The van der Waals surface area contributed by atoms with Gasteiger partial charge in [-0.25, -0.2) is 4.39 Å². The van der Waals surface area contributed by atoms with Crippen LogP contribution < -0.4 is 4.74 Å². The van der Waals surface area contributed by atoms with Gasteiger partial charge in [0, 0.05) is 25.2 Å². The van der Waals surface area contributed by atoms with E-state index in [-0.39, 0.29) is 24.2 Å². The van der Waals surface area contributed by atoms with E-state index in [4.69, 9.17) is 4.74 Å². The lowest BCUT2D eigenvalue weighted by Gasteiger charge is -2.31. The molecule has 1 saturated heterocycles. The molecule has 1 aliphatic heterocycles. The van der Waals surface area contributed by atoms with Crippen molar-refractivity contribution in [3.63, 3.8) is 0 Å². The highest BCUT2D eigenvalue weighted by atomic mass is 19.1. The number of halogens is 1. The molecule has 3 heterocycles. The number of ether oxygens (including phenoxy) is 1. The summed E-state index contributed by atoms with van der Waals surface area (Å²) in [7, 11) is 0. The third-order valence-corrected chi connectivity index (χ3v) is 4.66. The molecule has 1 fully saturated rings. The molecule has 0 unspecified atom stereocenters. The van der Waals surface area contributed by atoms with Gasteiger partial charge in [-0.3, -0.25) is 9.20 Å². The van der Waals surface area contributed by atoms with Crippen molar-refractivity contribution in [2.75, 3.05) is 19.7 Å². The third kappa shape index (κ3) is 3.37. The summed E-state index contributed by atoms with van der Waals surface area (Å²) in [6, 6.07) is 11.5. The number of amides is 1. The molecule has 3 aromatic rings. The quantitative estimate of drug-likeness (QED) is 0.723. The van der Waals surface area contributed by atoms with Crippen LogP contribution in [0.5, 0.6) is 5.75 Å². The van der Waals surface area contributed by atoms with Gasteiger partial charge < -0.3 is 9.64 Å². The maximum atomic E-state index is 12.9. The number of carbonyl (C=O) groups is 1. The average molecular weight is 354 g/mol. The van der Waals surface area contributed by atoms with Crippen molar-refractivity contribution in [2.45, 2.75) is 18.8 Å². The van der Waals surface area contributed by atoms with Crippen LogP contribution in [0.2, 0.25) is 0 Å². The van der Waals surface area contributed by atoms with Crippen molar-refractivity contribution >= 4 is 11.6 Å². The molecule has 0 bridgehead atoms. The van der Waals surface area contributed by atoms with E-state index in [9.17, 15) is 9.18 Å². The highest BCUT2D eigenvalue weighted by Gasteiger charge is 2.28. The fourth-order valence-electron chi connectivity index (χ4n) is 3.32. The topological polar surface area (TPSA) is 59.7 Å². The highest BCUT2D eigenvalue weighted by molar-refractivity contribution is 5.78. The van der Waals surface area contributed by atoms with E-state index >= 15 is 0 Å². The normalized spacial score (nSPS) is 17.4. The van der Waals surface area contributed by atoms with Crippen LogP contribution in [-0.2, 0) is 4.79 Å². The fourth-order valence-corrected chi connectivity index (χ4v) is 3.32. The minimum absolute atomic E-state index is 0.0566. The Morgan fingerprint density at radius 2 is 2.04 bits per heavy atom. The summed E-state index contributed by atoms with van der Waals surface area (Å²) >= 11 is 0. The Labute approximate surface area is 150 Å². The first-order chi connectivity index (χ1) is 12.7. The Bertz CT molecular complexity index is 909.